The lowest BCUT2D eigenvalue weighted by molar-refractivity contribution is 0.0284. The maximum absolute atomic E-state index is 12.0. The molecule has 1 aliphatic rings. The van der Waals surface area contributed by atoms with E-state index in [1.807, 2.05) is 42.5 Å². The molecule has 7 heteroatoms. The first-order chi connectivity index (χ1) is 15.2. The fourth-order valence-corrected chi connectivity index (χ4v) is 3.29. The third-order valence-corrected chi connectivity index (χ3v) is 4.95. The zero-order chi connectivity index (χ0) is 21.5. The topological polar surface area (TPSA) is 82.6 Å². The highest BCUT2D eigenvalue weighted by atomic mass is 16.5. The van der Waals surface area contributed by atoms with Crippen molar-refractivity contribution < 1.29 is 19.0 Å². The molecule has 1 amide bonds. The Morgan fingerprint density at radius 3 is 2.84 bits per heavy atom. The van der Waals surface area contributed by atoms with Crippen molar-refractivity contribution in [3.05, 3.63) is 65.9 Å². The Labute approximate surface area is 180 Å². The minimum atomic E-state index is -0.440. The summed E-state index contributed by atoms with van der Waals surface area (Å²) in [4.78, 5) is 20.8. The first-order valence-electron chi connectivity index (χ1n) is 10.1. The van der Waals surface area contributed by atoms with Gasteiger partial charge in [-0.3, -0.25) is 4.98 Å². The number of benzene rings is 1. The van der Waals surface area contributed by atoms with Gasteiger partial charge in [0.15, 0.2) is 0 Å². The number of aromatic nitrogens is 2. The second kappa shape index (κ2) is 9.92. The van der Waals surface area contributed by atoms with Crippen molar-refractivity contribution in [2.45, 2.75) is 31.6 Å². The molecule has 0 bridgehead atoms. The van der Waals surface area contributed by atoms with Gasteiger partial charge in [0.1, 0.15) is 18.2 Å². The molecule has 4 rings (SSSR count). The number of nitrogens with zero attached hydrogens (tertiary/aromatic N) is 2. The molecule has 2 aromatic heterocycles. The lowest BCUT2D eigenvalue weighted by Crippen LogP contribution is -2.42. The molecule has 1 saturated heterocycles. The third-order valence-electron chi connectivity index (χ3n) is 4.95. The molecular formula is C24H23N3O4. The highest BCUT2D eigenvalue weighted by Crippen LogP contribution is 2.18. The van der Waals surface area contributed by atoms with Crippen LogP contribution in [0.3, 0.4) is 0 Å². The van der Waals surface area contributed by atoms with E-state index in [1.165, 1.54) is 0 Å². The van der Waals surface area contributed by atoms with Gasteiger partial charge >= 0.3 is 6.09 Å². The zero-order valence-electron chi connectivity index (χ0n) is 17.2. The molecule has 3 heterocycles. The number of ether oxygens (including phenoxy) is 3. The number of fused-ring (bicyclic) bond motifs is 1. The first-order valence-corrected chi connectivity index (χ1v) is 10.1. The van der Waals surface area contributed by atoms with Crippen molar-refractivity contribution in [1.29, 1.82) is 0 Å². The van der Waals surface area contributed by atoms with Gasteiger partial charge in [0.05, 0.1) is 30.8 Å². The minimum absolute atomic E-state index is 0.0889. The predicted molar refractivity (Wildman–Crippen MR) is 115 cm³/mol. The number of methoxy groups -OCH3 is 1. The van der Waals surface area contributed by atoms with Gasteiger partial charge in [-0.25, -0.2) is 9.78 Å². The van der Waals surface area contributed by atoms with Gasteiger partial charge in [-0.1, -0.05) is 42.2 Å². The number of carbonyl (C=O) groups excluding carboxylic acids is 1. The second-order valence-electron chi connectivity index (χ2n) is 7.15. The average Bonchev–Trinajstić information content (AvgIpc) is 2.82. The maximum Gasteiger partial charge on any atom is 0.407 e. The second-order valence-corrected chi connectivity index (χ2v) is 7.15. The fraction of sp³-hybridized carbons (Fsp3) is 0.292. The summed E-state index contributed by atoms with van der Waals surface area (Å²) in [5.74, 6) is 6.84. The van der Waals surface area contributed by atoms with Gasteiger partial charge in [0.2, 0.25) is 5.88 Å². The van der Waals surface area contributed by atoms with Crippen LogP contribution in [0, 0.1) is 11.8 Å². The van der Waals surface area contributed by atoms with Crippen molar-refractivity contribution in [2.75, 3.05) is 13.7 Å². The van der Waals surface area contributed by atoms with Crippen molar-refractivity contribution in [3.8, 4) is 17.7 Å². The number of alkyl carbamates (subject to hydrolysis) is 1. The molecule has 0 unspecified atom stereocenters. The molecule has 3 aromatic rings. The van der Waals surface area contributed by atoms with Crippen LogP contribution in [-0.2, 0) is 16.1 Å². The van der Waals surface area contributed by atoms with Gasteiger partial charge in [0.25, 0.3) is 0 Å². The van der Waals surface area contributed by atoms with Crippen LogP contribution in [0.2, 0.25) is 0 Å². The third kappa shape index (κ3) is 5.50. The van der Waals surface area contributed by atoms with E-state index in [0.29, 0.717) is 18.0 Å². The van der Waals surface area contributed by atoms with Crippen LogP contribution in [0.1, 0.15) is 24.0 Å². The zero-order valence-corrected chi connectivity index (χ0v) is 17.2. The number of carbonyl (C=O) groups is 1. The van der Waals surface area contributed by atoms with Gasteiger partial charge in [-0.2, -0.15) is 0 Å². The van der Waals surface area contributed by atoms with E-state index < -0.39 is 6.09 Å². The van der Waals surface area contributed by atoms with E-state index in [0.717, 1.165) is 29.5 Å². The predicted octanol–water partition coefficient (Wildman–Crippen LogP) is 3.46. The Morgan fingerprint density at radius 2 is 2.06 bits per heavy atom. The standard InChI is InChI=1S/C24H23N3O4/c1-29-22-12-11-21-23(27-22)18(13-14-25-21)7-9-20-10-8-19(16-30-20)26-24(28)31-15-17-5-3-2-4-6-17/h2-6,11-14,19-20H,8,10,15-16H2,1H3,(H,26,28)/t19-,20-/m1/s1. The molecule has 7 nitrogen and oxygen atoms in total. The fourth-order valence-electron chi connectivity index (χ4n) is 3.29. The monoisotopic (exact) mass is 417 g/mol. The van der Waals surface area contributed by atoms with Crippen LogP contribution in [0.25, 0.3) is 11.0 Å². The molecule has 31 heavy (non-hydrogen) atoms. The molecule has 0 spiro atoms. The van der Waals surface area contributed by atoms with Gasteiger partial charge in [-0.15, -0.1) is 0 Å². The van der Waals surface area contributed by atoms with Crippen LogP contribution in [0.4, 0.5) is 4.79 Å². The summed E-state index contributed by atoms with van der Waals surface area (Å²) < 4.78 is 16.3. The smallest absolute Gasteiger partial charge is 0.407 e. The van der Waals surface area contributed by atoms with Crippen molar-refractivity contribution in [2.24, 2.45) is 0 Å². The largest absolute Gasteiger partial charge is 0.481 e. The SMILES string of the molecule is COc1ccc2nccc(C#C[C@@H]3CC[C@@H](NC(=O)OCc4ccccc4)CO3)c2n1. The van der Waals surface area contributed by atoms with E-state index >= 15 is 0 Å². The summed E-state index contributed by atoms with van der Waals surface area (Å²) in [5.41, 5.74) is 3.18. The van der Waals surface area contributed by atoms with Crippen molar-refractivity contribution in [3.63, 3.8) is 0 Å². The van der Waals surface area contributed by atoms with E-state index in [-0.39, 0.29) is 18.8 Å². The van der Waals surface area contributed by atoms with E-state index in [2.05, 4.69) is 27.1 Å². The molecule has 0 saturated carbocycles. The Bertz CT molecular complexity index is 1100. The highest BCUT2D eigenvalue weighted by Gasteiger charge is 2.22. The van der Waals surface area contributed by atoms with Crippen molar-refractivity contribution in [1.82, 2.24) is 15.3 Å². The summed E-state index contributed by atoms with van der Waals surface area (Å²) in [6, 6.07) is 14.9. The normalized spacial score (nSPS) is 18.0. The van der Waals surface area contributed by atoms with E-state index in [4.69, 9.17) is 14.2 Å². The lowest BCUT2D eigenvalue weighted by atomic mass is 10.0. The summed E-state index contributed by atoms with van der Waals surface area (Å²) in [6.07, 6.45) is 2.56. The average molecular weight is 417 g/mol. The van der Waals surface area contributed by atoms with Crippen LogP contribution < -0.4 is 10.1 Å². The van der Waals surface area contributed by atoms with Crippen molar-refractivity contribution >= 4 is 17.1 Å². The summed E-state index contributed by atoms with van der Waals surface area (Å²) >= 11 is 0. The van der Waals surface area contributed by atoms with Crippen LogP contribution >= 0.6 is 0 Å². The number of nitrogens with one attached hydrogen (secondary N) is 1. The molecule has 2 atom stereocenters. The molecule has 1 N–H and O–H groups in total. The van der Waals surface area contributed by atoms with Crippen LogP contribution in [0.5, 0.6) is 5.88 Å². The number of rotatable bonds is 4. The van der Waals surface area contributed by atoms with Crippen LogP contribution in [0.15, 0.2) is 54.7 Å². The van der Waals surface area contributed by atoms with E-state index in [9.17, 15) is 4.79 Å². The first kappa shape index (κ1) is 20.6. The molecule has 1 aliphatic heterocycles. The summed E-state index contributed by atoms with van der Waals surface area (Å²) in [6.45, 7) is 0.635. The lowest BCUT2D eigenvalue weighted by Gasteiger charge is -2.26. The Hall–Kier alpha value is -3.63. The van der Waals surface area contributed by atoms with Gasteiger partial charge in [-0.05, 0) is 30.5 Å². The molecule has 158 valence electrons. The number of amides is 1. The van der Waals surface area contributed by atoms with Crippen LogP contribution in [-0.4, -0.2) is 41.9 Å². The van der Waals surface area contributed by atoms with Gasteiger partial charge in [0, 0.05) is 12.3 Å². The van der Waals surface area contributed by atoms with E-state index in [1.54, 1.807) is 19.4 Å². The maximum atomic E-state index is 12.0. The summed E-state index contributed by atoms with van der Waals surface area (Å²) in [7, 11) is 1.58. The number of pyridine rings is 2. The molecule has 0 aliphatic carbocycles. The molecule has 1 fully saturated rings. The Kier molecular flexibility index (Phi) is 6.60. The minimum Gasteiger partial charge on any atom is -0.481 e. The Morgan fingerprint density at radius 1 is 1.19 bits per heavy atom. The van der Waals surface area contributed by atoms with Gasteiger partial charge < -0.3 is 19.5 Å². The molecule has 0 radical (unpaired) electrons. The summed E-state index contributed by atoms with van der Waals surface area (Å²) in [5, 5.41) is 2.85. The highest BCUT2D eigenvalue weighted by molar-refractivity contribution is 5.81. The quantitative estimate of drug-likeness (QED) is 0.655. The number of hydrogen-bond donors (Lipinski definition) is 1. The molecule has 1 aromatic carbocycles. The Balaban J connectivity index is 1.30. The number of hydrogen-bond acceptors (Lipinski definition) is 6. The molecular weight excluding hydrogens is 394 g/mol.